The van der Waals surface area contributed by atoms with Crippen molar-refractivity contribution in [2.24, 2.45) is 27.8 Å². The second kappa shape index (κ2) is 6.69. The van der Waals surface area contributed by atoms with Gasteiger partial charge in [-0.05, 0) is 43.7 Å². The molecule has 2 aromatic rings. The smallest absolute Gasteiger partial charge is 0.206 e. The summed E-state index contributed by atoms with van der Waals surface area (Å²) < 4.78 is 1.98. The van der Waals surface area contributed by atoms with Crippen LogP contribution in [0.25, 0.3) is 11.3 Å². The molecule has 2 aliphatic carbocycles. The Kier molecular flexibility index (Phi) is 4.42. The first-order valence-electron chi connectivity index (χ1n) is 8.44. The second-order valence-electron chi connectivity index (χ2n) is 6.41. The average molecular weight is 358 g/mol. The maximum absolute atomic E-state index is 6.02. The fourth-order valence-electron chi connectivity index (χ4n) is 3.62. The Balaban J connectivity index is 1.70. The van der Waals surface area contributed by atoms with Gasteiger partial charge in [0.05, 0.1) is 5.69 Å². The number of fused-ring (bicyclic) bond motifs is 2. The first-order chi connectivity index (χ1) is 11.7. The lowest BCUT2D eigenvalue weighted by atomic mass is 9.95. The van der Waals surface area contributed by atoms with E-state index in [-0.39, 0.29) is 0 Å². The average Bonchev–Trinajstić information content (AvgIpc) is 3.30. The highest BCUT2D eigenvalue weighted by atomic mass is 35.5. The second-order valence-corrected chi connectivity index (χ2v) is 7.68. The molecule has 2 bridgehead atoms. The fourth-order valence-corrected chi connectivity index (χ4v) is 4.65. The molecule has 124 valence electrons. The Morgan fingerprint density at radius 3 is 2.75 bits per heavy atom. The summed E-state index contributed by atoms with van der Waals surface area (Å²) in [7, 11) is 0. The van der Waals surface area contributed by atoms with Gasteiger partial charge >= 0.3 is 0 Å². The van der Waals surface area contributed by atoms with Gasteiger partial charge in [-0.2, -0.15) is 5.10 Å². The molecule has 1 saturated carbocycles. The molecule has 3 atom stereocenters. The lowest BCUT2D eigenvalue weighted by Gasteiger charge is -2.12. The summed E-state index contributed by atoms with van der Waals surface area (Å²) in [5.74, 6) is 1.98. The molecule has 0 N–H and O–H groups in total. The predicted octanol–water partition coefficient (Wildman–Crippen LogP) is 4.84. The van der Waals surface area contributed by atoms with Crippen LogP contribution in [0.2, 0.25) is 5.02 Å². The summed E-state index contributed by atoms with van der Waals surface area (Å²) in [6.45, 7) is 2.81. The quantitative estimate of drug-likeness (QED) is 0.553. The molecule has 24 heavy (non-hydrogen) atoms. The van der Waals surface area contributed by atoms with Crippen LogP contribution in [0.3, 0.4) is 0 Å². The van der Waals surface area contributed by atoms with E-state index in [1.165, 1.54) is 12.8 Å². The fraction of sp³-hybridized carbons (Fsp3) is 0.368. The summed E-state index contributed by atoms with van der Waals surface area (Å²) in [5, 5.41) is 7.69. The van der Waals surface area contributed by atoms with Crippen LogP contribution in [-0.4, -0.2) is 17.4 Å². The van der Waals surface area contributed by atoms with Gasteiger partial charge in [0.1, 0.15) is 0 Å². The molecule has 0 radical (unpaired) electrons. The number of rotatable bonds is 4. The van der Waals surface area contributed by atoms with E-state index in [0.29, 0.717) is 11.8 Å². The molecular formula is C19H20ClN3S. The van der Waals surface area contributed by atoms with Crippen LogP contribution in [0.1, 0.15) is 19.8 Å². The minimum Gasteiger partial charge on any atom is -0.258 e. The van der Waals surface area contributed by atoms with Gasteiger partial charge in [0.2, 0.25) is 4.80 Å². The van der Waals surface area contributed by atoms with Crippen LogP contribution in [0.4, 0.5) is 0 Å². The number of nitrogens with zero attached hydrogens (tertiary/aromatic N) is 3. The molecule has 4 rings (SSSR count). The first-order valence-corrected chi connectivity index (χ1v) is 9.70. The van der Waals surface area contributed by atoms with Crippen LogP contribution in [0, 0.1) is 17.8 Å². The molecule has 1 fully saturated rings. The van der Waals surface area contributed by atoms with Gasteiger partial charge in [0.25, 0.3) is 0 Å². The monoisotopic (exact) mass is 357 g/mol. The van der Waals surface area contributed by atoms with E-state index in [0.717, 1.165) is 33.5 Å². The van der Waals surface area contributed by atoms with Gasteiger partial charge < -0.3 is 0 Å². The first kappa shape index (κ1) is 15.9. The number of hydrogen-bond donors (Lipinski definition) is 0. The van der Waals surface area contributed by atoms with Gasteiger partial charge in [-0.25, -0.2) is 4.68 Å². The van der Waals surface area contributed by atoms with Crippen molar-refractivity contribution < 1.29 is 0 Å². The van der Waals surface area contributed by atoms with E-state index in [1.54, 1.807) is 11.3 Å². The summed E-state index contributed by atoms with van der Waals surface area (Å²) in [6, 6.07) is 7.90. The summed E-state index contributed by atoms with van der Waals surface area (Å²) in [5.41, 5.74) is 2.18. The highest BCUT2D eigenvalue weighted by Gasteiger charge is 2.34. The number of aromatic nitrogens is 1. The zero-order chi connectivity index (χ0) is 16.5. The van der Waals surface area contributed by atoms with E-state index in [4.69, 9.17) is 16.7 Å². The van der Waals surface area contributed by atoms with Crippen LogP contribution in [0.15, 0.2) is 51.9 Å². The highest BCUT2D eigenvalue weighted by molar-refractivity contribution is 7.07. The number of thiazole rings is 1. The van der Waals surface area contributed by atoms with Gasteiger partial charge in [0, 0.05) is 34.6 Å². The minimum atomic E-state index is 0.556. The Labute approximate surface area is 151 Å². The van der Waals surface area contributed by atoms with Crippen molar-refractivity contribution in [1.82, 2.24) is 4.68 Å². The molecule has 3 unspecified atom stereocenters. The molecule has 0 aliphatic heterocycles. The van der Waals surface area contributed by atoms with Crippen molar-refractivity contribution >= 4 is 29.2 Å². The van der Waals surface area contributed by atoms with Crippen LogP contribution in [0.5, 0.6) is 0 Å². The molecule has 2 aliphatic rings. The molecule has 0 spiro atoms. The molecule has 3 nitrogen and oxygen atoms in total. The molecule has 1 aromatic carbocycles. The van der Waals surface area contributed by atoms with Gasteiger partial charge in [-0.1, -0.05) is 35.9 Å². The number of hydrogen-bond acceptors (Lipinski definition) is 3. The summed E-state index contributed by atoms with van der Waals surface area (Å²) >= 11 is 7.65. The van der Waals surface area contributed by atoms with Crippen LogP contribution < -0.4 is 4.80 Å². The van der Waals surface area contributed by atoms with E-state index >= 15 is 0 Å². The van der Waals surface area contributed by atoms with Gasteiger partial charge in [-0.3, -0.25) is 4.99 Å². The molecule has 1 heterocycles. The van der Waals surface area contributed by atoms with E-state index in [9.17, 15) is 0 Å². The Hall–Kier alpha value is -1.65. The minimum absolute atomic E-state index is 0.556. The third-order valence-electron chi connectivity index (χ3n) is 4.82. The zero-order valence-corrected chi connectivity index (χ0v) is 15.2. The number of allylic oxidation sites excluding steroid dienone is 2. The maximum atomic E-state index is 6.02. The maximum Gasteiger partial charge on any atom is 0.206 e. The number of halogens is 1. The topological polar surface area (TPSA) is 29.6 Å². The van der Waals surface area contributed by atoms with Crippen molar-refractivity contribution in [3.63, 3.8) is 0 Å². The van der Waals surface area contributed by atoms with E-state index in [2.05, 4.69) is 35.7 Å². The molecule has 5 heteroatoms. The number of benzene rings is 1. The van der Waals surface area contributed by atoms with Gasteiger partial charge in [0.15, 0.2) is 0 Å². The molecule has 1 aromatic heterocycles. The predicted molar refractivity (Wildman–Crippen MR) is 102 cm³/mol. The zero-order valence-electron chi connectivity index (χ0n) is 13.6. The standard InChI is InChI=1S/C19H20ClN3S/c1-2-21-19-23(22-11-16-10-13-3-4-15(16)9-13)18(12-24-19)14-5-7-17(20)8-6-14/h3-8,11-13,15-16H,2,9-10H2,1H3. The van der Waals surface area contributed by atoms with Crippen molar-refractivity contribution in [2.45, 2.75) is 19.8 Å². The van der Waals surface area contributed by atoms with Gasteiger partial charge in [-0.15, -0.1) is 11.3 Å². The van der Waals surface area contributed by atoms with Crippen molar-refractivity contribution in [1.29, 1.82) is 0 Å². The highest BCUT2D eigenvalue weighted by Crippen LogP contribution is 2.42. The Morgan fingerprint density at radius 1 is 1.25 bits per heavy atom. The van der Waals surface area contributed by atoms with Crippen LogP contribution in [-0.2, 0) is 0 Å². The van der Waals surface area contributed by atoms with E-state index in [1.807, 2.05) is 28.9 Å². The molecule has 0 saturated heterocycles. The van der Waals surface area contributed by atoms with Crippen LogP contribution >= 0.6 is 22.9 Å². The van der Waals surface area contributed by atoms with Crippen molar-refractivity contribution in [3.8, 4) is 11.3 Å². The third kappa shape index (κ3) is 3.01. The lowest BCUT2D eigenvalue weighted by molar-refractivity contribution is 0.589. The van der Waals surface area contributed by atoms with E-state index < -0.39 is 0 Å². The molecular weight excluding hydrogens is 338 g/mol. The Morgan fingerprint density at radius 2 is 2.08 bits per heavy atom. The summed E-state index contributed by atoms with van der Waals surface area (Å²) in [6.07, 6.45) is 9.38. The largest absolute Gasteiger partial charge is 0.258 e. The normalized spacial score (nSPS) is 26.1. The van der Waals surface area contributed by atoms with Crippen molar-refractivity contribution in [3.05, 3.63) is 51.6 Å². The SMILES string of the molecule is CCN=c1scc(-c2ccc(Cl)cc2)n1N=CC1CC2C=CC1C2. The Bertz CT molecular complexity index is 844. The lowest BCUT2D eigenvalue weighted by Crippen LogP contribution is -2.15. The third-order valence-corrected chi connectivity index (χ3v) is 5.93. The molecule has 0 amide bonds. The van der Waals surface area contributed by atoms with Crippen molar-refractivity contribution in [2.75, 3.05) is 6.54 Å². The summed E-state index contributed by atoms with van der Waals surface area (Å²) in [4.78, 5) is 5.53.